The number of nitrogens with zero attached hydrogens (tertiary/aromatic N) is 1. The number of rotatable bonds is 4. The van der Waals surface area contributed by atoms with E-state index in [-0.39, 0.29) is 0 Å². The maximum Gasteiger partial charge on any atom is 0.314 e. The predicted octanol–water partition coefficient (Wildman–Crippen LogP) is 2.00. The van der Waals surface area contributed by atoms with Crippen LogP contribution in [0.2, 0.25) is 0 Å². The molecule has 0 N–H and O–H groups in total. The van der Waals surface area contributed by atoms with Crippen LogP contribution in [0.4, 0.5) is 13.2 Å². The normalized spacial score (nSPS) is 15.4. The average Bonchev–Trinajstić information content (AvgIpc) is 1.88. The number of hydrogen-bond donors (Lipinski definition) is 0. The van der Waals surface area contributed by atoms with Crippen molar-refractivity contribution in [1.82, 2.24) is 0 Å². The summed E-state index contributed by atoms with van der Waals surface area (Å²) >= 11 is 0. The van der Waals surface area contributed by atoms with E-state index >= 15 is 0 Å². The lowest BCUT2D eigenvalue weighted by atomic mass is 10.2. The first-order valence-electron chi connectivity index (χ1n) is 3.12. The van der Waals surface area contributed by atoms with E-state index in [2.05, 4.69) is 9.99 Å². The topological polar surface area (TPSA) is 21.6 Å². The van der Waals surface area contributed by atoms with Crippen molar-refractivity contribution in [2.24, 2.45) is 5.16 Å². The summed E-state index contributed by atoms with van der Waals surface area (Å²) in [6.07, 6.45) is -1.01. The van der Waals surface area contributed by atoms with E-state index in [9.17, 15) is 13.2 Å². The molecule has 0 radical (unpaired) electrons. The van der Waals surface area contributed by atoms with E-state index < -0.39 is 18.7 Å². The highest BCUT2D eigenvalue weighted by molar-refractivity contribution is 5.52. The Kier molecular flexibility index (Phi) is 3.92. The van der Waals surface area contributed by atoms with Crippen molar-refractivity contribution in [1.29, 1.82) is 0 Å². The number of oxime groups is 1. The van der Waals surface area contributed by atoms with Gasteiger partial charge >= 0.3 is 5.92 Å². The van der Waals surface area contributed by atoms with Crippen LogP contribution in [0, 0.1) is 0 Å². The average molecular weight is 169 g/mol. The molecule has 0 spiro atoms. The molecule has 0 fully saturated rings. The van der Waals surface area contributed by atoms with Gasteiger partial charge in [-0.2, -0.15) is 8.78 Å². The van der Waals surface area contributed by atoms with E-state index in [1.807, 2.05) is 0 Å². The zero-order valence-electron chi connectivity index (χ0n) is 6.35. The maximum atomic E-state index is 12.3. The van der Waals surface area contributed by atoms with Crippen LogP contribution in [0.5, 0.6) is 0 Å². The largest absolute Gasteiger partial charge is 0.390 e. The molecule has 11 heavy (non-hydrogen) atoms. The minimum atomic E-state index is -3.45. The molecule has 0 rings (SSSR count). The Balaban J connectivity index is 3.73. The monoisotopic (exact) mass is 169 g/mol. The van der Waals surface area contributed by atoms with Crippen molar-refractivity contribution in [3.8, 4) is 0 Å². The van der Waals surface area contributed by atoms with Gasteiger partial charge < -0.3 is 4.84 Å². The van der Waals surface area contributed by atoms with E-state index in [1.165, 1.54) is 13.1 Å². The first-order chi connectivity index (χ1) is 5.00. The maximum absolute atomic E-state index is 12.3. The second-order valence-corrected chi connectivity index (χ2v) is 2.01. The third-order valence-electron chi connectivity index (χ3n) is 1.02. The highest BCUT2D eigenvalue weighted by atomic mass is 19.3. The molecule has 66 valence electrons. The van der Waals surface area contributed by atoms with E-state index in [0.717, 1.165) is 6.92 Å². The van der Waals surface area contributed by atoms with Gasteiger partial charge in [0.1, 0.15) is 0 Å². The minimum Gasteiger partial charge on any atom is -0.390 e. The Labute approximate surface area is 63.0 Å². The molecule has 1 atom stereocenters. The van der Waals surface area contributed by atoms with Gasteiger partial charge in [0.2, 0.25) is 0 Å². The SMILES string of the molecule is C/C=N/OCC(F)(F)C(C)F. The van der Waals surface area contributed by atoms with Crippen molar-refractivity contribution in [3.63, 3.8) is 0 Å². The molecule has 0 saturated heterocycles. The van der Waals surface area contributed by atoms with Crippen molar-refractivity contribution in [3.05, 3.63) is 0 Å². The molecule has 5 heteroatoms. The Bertz CT molecular complexity index is 136. The first kappa shape index (κ1) is 10.3. The van der Waals surface area contributed by atoms with Crippen LogP contribution in [0.15, 0.2) is 5.16 Å². The number of alkyl halides is 3. The fourth-order valence-electron chi connectivity index (χ4n) is 0.313. The molecule has 0 aliphatic carbocycles. The zero-order valence-corrected chi connectivity index (χ0v) is 6.35. The molecule has 0 aromatic heterocycles. The lowest BCUT2D eigenvalue weighted by Crippen LogP contribution is -2.32. The molecular weight excluding hydrogens is 159 g/mol. The Hall–Kier alpha value is -0.740. The Morgan fingerprint density at radius 2 is 2.18 bits per heavy atom. The summed E-state index contributed by atoms with van der Waals surface area (Å²) in [5.74, 6) is -3.45. The standard InChI is InChI=1S/C6H10F3NO/c1-3-10-11-4-6(8,9)5(2)7/h3,5H,4H2,1-2H3/b10-3+. The quantitative estimate of drug-likeness (QED) is 0.466. The molecule has 1 unspecified atom stereocenters. The molecular formula is C6H10F3NO. The lowest BCUT2D eigenvalue weighted by molar-refractivity contribution is -0.119. The van der Waals surface area contributed by atoms with Gasteiger partial charge in [0, 0.05) is 6.21 Å². The Morgan fingerprint density at radius 1 is 1.64 bits per heavy atom. The van der Waals surface area contributed by atoms with E-state index in [1.54, 1.807) is 0 Å². The molecule has 0 aromatic rings. The lowest BCUT2D eigenvalue weighted by Gasteiger charge is -2.15. The van der Waals surface area contributed by atoms with Gasteiger partial charge in [0.05, 0.1) is 0 Å². The number of hydrogen-bond acceptors (Lipinski definition) is 2. The fourth-order valence-corrected chi connectivity index (χ4v) is 0.313. The van der Waals surface area contributed by atoms with Crippen LogP contribution in [0.3, 0.4) is 0 Å². The molecule has 0 amide bonds. The molecule has 0 saturated carbocycles. The summed E-state index contributed by atoms with van der Waals surface area (Å²) in [5.41, 5.74) is 0. The Morgan fingerprint density at radius 3 is 2.55 bits per heavy atom. The molecule has 0 bridgehead atoms. The van der Waals surface area contributed by atoms with Crippen LogP contribution < -0.4 is 0 Å². The smallest absolute Gasteiger partial charge is 0.314 e. The summed E-state index contributed by atoms with van der Waals surface area (Å²) in [6, 6.07) is 0. The van der Waals surface area contributed by atoms with Gasteiger partial charge in [0.25, 0.3) is 0 Å². The molecule has 0 aliphatic rings. The van der Waals surface area contributed by atoms with Crippen LogP contribution >= 0.6 is 0 Å². The minimum absolute atomic E-state index is 0.777. The van der Waals surface area contributed by atoms with Gasteiger partial charge in [-0.05, 0) is 13.8 Å². The van der Waals surface area contributed by atoms with Crippen molar-refractivity contribution >= 4 is 6.21 Å². The summed E-state index contributed by atoms with van der Waals surface area (Å²) in [5, 5.41) is 3.07. The molecule has 0 aromatic carbocycles. The second kappa shape index (κ2) is 4.20. The predicted molar refractivity (Wildman–Crippen MR) is 35.6 cm³/mol. The van der Waals surface area contributed by atoms with Crippen LogP contribution in [-0.2, 0) is 4.84 Å². The van der Waals surface area contributed by atoms with Gasteiger partial charge in [-0.25, -0.2) is 4.39 Å². The highest BCUT2D eigenvalue weighted by Crippen LogP contribution is 2.21. The molecule has 0 heterocycles. The summed E-state index contributed by atoms with van der Waals surface area (Å²) in [7, 11) is 0. The van der Waals surface area contributed by atoms with Gasteiger partial charge in [-0.1, -0.05) is 5.16 Å². The van der Waals surface area contributed by atoms with Gasteiger partial charge in [0.15, 0.2) is 12.8 Å². The zero-order chi connectivity index (χ0) is 8.91. The first-order valence-corrected chi connectivity index (χ1v) is 3.12. The third kappa shape index (κ3) is 3.85. The van der Waals surface area contributed by atoms with E-state index in [4.69, 9.17) is 0 Å². The van der Waals surface area contributed by atoms with Gasteiger partial charge in [-0.15, -0.1) is 0 Å². The highest BCUT2D eigenvalue weighted by Gasteiger charge is 2.38. The summed E-state index contributed by atoms with van der Waals surface area (Å²) in [6.45, 7) is 1.27. The number of halogens is 3. The summed E-state index contributed by atoms with van der Waals surface area (Å²) in [4.78, 5) is 4.09. The van der Waals surface area contributed by atoms with Crippen molar-refractivity contribution in [2.75, 3.05) is 6.61 Å². The molecule has 2 nitrogen and oxygen atoms in total. The van der Waals surface area contributed by atoms with E-state index in [0.29, 0.717) is 0 Å². The third-order valence-corrected chi connectivity index (χ3v) is 1.02. The van der Waals surface area contributed by atoms with Crippen LogP contribution in [-0.4, -0.2) is 24.9 Å². The van der Waals surface area contributed by atoms with Crippen molar-refractivity contribution in [2.45, 2.75) is 25.9 Å². The molecule has 0 aliphatic heterocycles. The van der Waals surface area contributed by atoms with Crippen LogP contribution in [0.1, 0.15) is 13.8 Å². The van der Waals surface area contributed by atoms with Crippen molar-refractivity contribution < 1.29 is 18.0 Å². The summed E-state index contributed by atoms with van der Waals surface area (Å²) < 4.78 is 36.6. The van der Waals surface area contributed by atoms with Gasteiger partial charge in [-0.3, -0.25) is 0 Å². The second-order valence-electron chi connectivity index (χ2n) is 2.01. The fraction of sp³-hybridized carbons (Fsp3) is 0.833. The van der Waals surface area contributed by atoms with Crippen LogP contribution in [0.25, 0.3) is 0 Å².